The average Bonchev–Trinajstić information content (AvgIpc) is 3.11. The van der Waals surface area contributed by atoms with Crippen LogP contribution in [0.5, 0.6) is 0 Å². The minimum Gasteiger partial charge on any atom is -0.363 e. The van der Waals surface area contributed by atoms with E-state index in [1.807, 2.05) is 12.1 Å². The predicted molar refractivity (Wildman–Crippen MR) is 72.1 cm³/mol. The van der Waals surface area contributed by atoms with Crippen LogP contribution in [0, 0.1) is 0 Å². The second kappa shape index (κ2) is 4.13. The zero-order valence-corrected chi connectivity index (χ0v) is 9.69. The van der Waals surface area contributed by atoms with Gasteiger partial charge in [-0.2, -0.15) is 0 Å². The first kappa shape index (κ1) is 10.2. The van der Waals surface area contributed by atoms with Crippen molar-refractivity contribution in [2.75, 3.05) is 10.6 Å². The molecule has 0 amide bonds. The fourth-order valence-electron chi connectivity index (χ4n) is 2.00. The summed E-state index contributed by atoms with van der Waals surface area (Å²) in [5.41, 5.74) is 2.41. The van der Waals surface area contributed by atoms with Crippen LogP contribution in [-0.2, 0) is 0 Å². The number of benzene rings is 2. The van der Waals surface area contributed by atoms with Crippen LogP contribution < -0.4 is 10.6 Å². The summed E-state index contributed by atoms with van der Waals surface area (Å²) >= 11 is 0. The normalized spacial score (nSPS) is 16.2. The van der Waals surface area contributed by atoms with Gasteiger partial charge in [0.05, 0.1) is 0 Å². The van der Waals surface area contributed by atoms with E-state index in [4.69, 9.17) is 0 Å². The first-order valence-electron chi connectivity index (χ1n) is 6.03. The van der Waals surface area contributed by atoms with Crippen LogP contribution in [0.25, 0.3) is 0 Å². The van der Waals surface area contributed by atoms with E-state index in [-0.39, 0.29) is 5.66 Å². The van der Waals surface area contributed by atoms with Gasteiger partial charge in [-0.25, -0.2) is 0 Å². The van der Waals surface area contributed by atoms with Gasteiger partial charge in [-0.1, -0.05) is 36.4 Å². The number of rotatable bonds is 4. The molecule has 1 saturated carbocycles. The average molecular weight is 224 g/mol. The molecule has 86 valence electrons. The lowest BCUT2D eigenvalue weighted by Crippen LogP contribution is -2.30. The summed E-state index contributed by atoms with van der Waals surface area (Å²) in [4.78, 5) is 0. The maximum absolute atomic E-state index is 3.57. The SMILES string of the molecule is c1ccc(NC2(Nc3ccccc3)CC2)cc1. The van der Waals surface area contributed by atoms with Crippen LogP contribution >= 0.6 is 0 Å². The Morgan fingerprint density at radius 2 is 1.06 bits per heavy atom. The maximum Gasteiger partial charge on any atom is 0.108 e. The maximum atomic E-state index is 3.57. The molecule has 0 spiro atoms. The van der Waals surface area contributed by atoms with Crippen molar-refractivity contribution in [3.05, 3.63) is 60.7 Å². The fourth-order valence-corrected chi connectivity index (χ4v) is 2.00. The van der Waals surface area contributed by atoms with E-state index in [2.05, 4.69) is 59.2 Å². The first-order valence-corrected chi connectivity index (χ1v) is 6.03. The number of hydrogen-bond donors (Lipinski definition) is 2. The third kappa shape index (κ3) is 2.41. The quantitative estimate of drug-likeness (QED) is 0.774. The molecule has 0 saturated heterocycles. The van der Waals surface area contributed by atoms with Crippen LogP contribution in [0.1, 0.15) is 12.8 Å². The van der Waals surface area contributed by atoms with Crippen molar-refractivity contribution in [3.63, 3.8) is 0 Å². The van der Waals surface area contributed by atoms with Crippen LogP contribution in [0.2, 0.25) is 0 Å². The Balaban J connectivity index is 1.71. The lowest BCUT2D eigenvalue weighted by molar-refractivity contribution is 0.848. The van der Waals surface area contributed by atoms with Crippen molar-refractivity contribution in [1.82, 2.24) is 0 Å². The smallest absolute Gasteiger partial charge is 0.108 e. The Labute approximate surface area is 102 Å². The number of anilines is 2. The van der Waals surface area contributed by atoms with Gasteiger partial charge >= 0.3 is 0 Å². The second-order valence-electron chi connectivity index (χ2n) is 4.56. The summed E-state index contributed by atoms with van der Waals surface area (Å²) in [7, 11) is 0. The molecule has 1 aliphatic carbocycles. The minimum atomic E-state index is 0.0582. The summed E-state index contributed by atoms with van der Waals surface area (Å²) in [6, 6.07) is 20.7. The molecule has 2 aromatic carbocycles. The highest BCUT2D eigenvalue weighted by atomic mass is 15.2. The van der Waals surface area contributed by atoms with Crippen molar-refractivity contribution in [1.29, 1.82) is 0 Å². The molecule has 2 aromatic rings. The highest BCUT2D eigenvalue weighted by Crippen LogP contribution is 2.39. The summed E-state index contributed by atoms with van der Waals surface area (Å²) in [5.74, 6) is 0. The summed E-state index contributed by atoms with van der Waals surface area (Å²) in [6.07, 6.45) is 2.33. The van der Waals surface area contributed by atoms with Crippen molar-refractivity contribution in [2.45, 2.75) is 18.5 Å². The predicted octanol–water partition coefficient (Wildman–Crippen LogP) is 3.70. The van der Waals surface area contributed by atoms with E-state index in [1.54, 1.807) is 0 Å². The Hall–Kier alpha value is -1.96. The fraction of sp³-hybridized carbons (Fsp3) is 0.200. The molecule has 2 N–H and O–H groups in total. The topological polar surface area (TPSA) is 24.1 Å². The molecular weight excluding hydrogens is 208 g/mol. The molecule has 1 aliphatic rings. The molecule has 3 rings (SSSR count). The molecule has 2 heteroatoms. The molecule has 0 aliphatic heterocycles. The standard InChI is InChI=1S/C15H16N2/c1-3-7-13(8-4-1)16-15(11-12-15)17-14-9-5-2-6-10-14/h1-10,16-17H,11-12H2. The summed E-state index contributed by atoms with van der Waals surface area (Å²) in [6.45, 7) is 0. The van der Waals surface area contributed by atoms with Gasteiger partial charge in [0.2, 0.25) is 0 Å². The zero-order chi connectivity index (χ0) is 11.6. The van der Waals surface area contributed by atoms with Gasteiger partial charge < -0.3 is 10.6 Å². The zero-order valence-electron chi connectivity index (χ0n) is 9.69. The van der Waals surface area contributed by atoms with Gasteiger partial charge in [0.15, 0.2) is 0 Å². The lowest BCUT2D eigenvalue weighted by Gasteiger charge is -2.21. The van der Waals surface area contributed by atoms with Gasteiger partial charge in [0.1, 0.15) is 5.66 Å². The molecule has 1 fully saturated rings. The third-order valence-corrected chi connectivity index (χ3v) is 3.06. The molecule has 0 atom stereocenters. The minimum absolute atomic E-state index is 0.0582. The number of para-hydroxylation sites is 2. The molecular formula is C15H16N2. The van der Waals surface area contributed by atoms with Gasteiger partial charge in [-0.05, 0) is 37.1 Å². The van der Waals surface area contributed by atoms with E-state index in [1.165, 1.54) is 11.4 Å². The molecule has 17 heavy (non-hydrogen) atoms. The molecule has 0 bridgehead atoms. The molecule has 2 nitrogen and oxygen atoms in total. The van der Waals surface area contributed by atoms with Gasteiger partial charge in [0.25, 0.3) is 0 Å². The van der Waals surface area contributed by atoms with E-state index in [9.17, 15) is 0 Å². The first-order chi connectivity index (χ1) is 8.36. The lowest BCUT2D eigenvalue weighted by atomic mass is 10.3. The van der Waals surface area contributed by atoms with E-state index >= 15 is 0 Å². The highest BCUT2D eigenvalue weighted by Gasteiger charge is 2.42. The molecule has 0 heterocycles. The van der Waals surface area contributed by atoms with Crippen LogP contribution in [0.15, 0.2) is 60.7 Å². The number of hydrogen-bond acceptors (Lipinski definition) is 2. The Bertz CT molecular complexity index is 431. The third-order valence-electron chi connectivity index (χ3n) is 3.06. The van der Waals surface area contributed by atoms with E-state index in [0.29, 0.717) is 0 Å². The Morgan fingerprint density at radius 1 is 0.647 bits per heavy atom. The van der Waals surface area contributed by atoms with Crippen LogP contribution in [0.3, 0.4) is 0 Å². The van der Waals surface area contributed by atoms with Crippen molar-refractivity contribution in [3.8, 4) is 0 Å². The van der Waals surface area contributed by atoms with Crippen molar-refractivity contribution >= 4 is 11.4 Å². The largest absolute Gasteiger partial charge is 0.363 e. The molecule has 0 unspecified atom stereocenters. The van der Waals surface area contributed by atoms with Gasteiger partial charge in [0, 0.05) is 11.4 Å². The van der Waals surface area contributed by atoms with Crippen LogP contribution in [0.4, 0.5) is 11.4 Å². The molecule has 0 radical (unpaired) electrons. The highest BCUT2D eigenvalue weighted by molar-refractivity contribution is 5.54. The summed E-state index contributed by atoms with van der Waals surface area (Å²) < 4.78 is 0. The Kier molecular flexibility index (Phi) is 2.48. The van der Waals surface area contributed by atoms with E-state index < -0.39 is 0 Å². The van der Waals surface area contributed by atoms with Crippen molar-refractivity contribution in [2.24, 2.45) is 0 Å². The Morgan fingerprint density at radius 3 is 1.41 bits per heavy atom. The number of nitrogens with one attached hydrogen (secondary N) is 2. The van der Waals surface area contributed by atoms with Crippen LogP contribution in [-0.4, -0.2) is 5.66 Å². The van der Waals surface area contributed by atoms with Crippen molar-refractivity contribution < 1.29 is 0 Å². The van der Waals surface area contributed by atoms with Gasteiger partial charge in [-0.15, -0.1) is 0 Å². The van der Waals surface area contributed by atoms with E-state index in [0.717, 1.165) is 12.8 Å². The summed E-state index contributed by atoms with van der Waals surface area (Å²) in [5, 5.41) is 7.13. The molecule has 0 aromatic heterocycles. The van der Waals surface area contributed by atoms with Gasteiger partial charge in [-0.3, -0.25) is 0 Å². The second-order valence-corrected chi connectivity index (χ2v) is 4.56. The monoisotopic (exact) mass is 224 g/mol.